The number of rotatable bonds is 4. The van der Waals surface area contributed by atoms with Crippen molar-refractivity contribution in [3.05, 3.63) is 52.8 Å². The zero-order valence-electron chi connectivity index (χ0n) is 12.9. The van der Waals surface area contributed by atoms with Crippen molar-refractivity contribution in [2.24, 2.45) is 0 Å². The fourth-order valence-electron chi connectivity index (χ4n) is 2.90. The fraction of sp³-hybridized carbons (Fsp3) is 0.333. The van der Waals surface area contributed by atoms with Crippen molar-refractivity contribution < 1.29 is 4.79 Å². The van der Waals surface area contributed by atoms with Gasteiger partial charge in [0.15, 0.2) is 0 Å². The highest BCUT2D eigenvalue weighted by atomic mass is 79.9. The summed E-state index contributed by atoms with van der Waals surface area (Å²) in [5.74, 6) is -0.150. The molecule has 1 saturated carbocycles. The summed E-state index contributed by atoms with van der Waals surface area (Å²) in [6.45, 7) is 0. The first-order valence-electron chi connectivity index (χ1n) is 7.99. The van der Waals surface area contributed by atoms with Gasteiger partial charge in [-0.3, -0.25) is 9.78 Å². The molecule has 120 valence electrons. The molecule has 1 aliphatic carbocycles. The zero-order valence-corrected chi connectivity index (χ0v) is 14.5. The van der Waals surface area contributed by atoms with E-state index in [0.29, 0.717) is 11.6 Å². The standard InChI is InChI=1S/C18H20BrN3O/c19-14-5-4-8-16(10-14)22-18(23)13-9-17(12-20-11-13)21-15-6-2-1-3-7-15/h4-5,8-12,15,21H,1-3,6-7H2,(H,22,23). The van der Waals surface area contributed by atoms with Gasteiger partial charge >= 0.3 is 0 Å². The summed E-state index contributed by atoms with van der Waals surface area (Å²) < 4.78 is 0.932. The van der Waals surface area contributed by atoms with E-state index < -0.39 is 0 Å². The molecule has 1 fully saturated rings. The molecule has 1 aliphatic rings. The molecule has 0 radical (unpaired) electrons. The van der Waals surface area contributed by atoms with Crippen LogP contribution in [0.25, 0.3) is 0 Å². The van der Waals surface area contributed by atoms with E-state index in [0.717, 1.165) is 15.8 Å². The molecule has 4 nitrogen and oxygen atoms in total. The number of halogens is 1. The average Bonchev–Trinajstić information content (AvgIpc) is 2.56. The molecule has 0 saturated heterocycles. The average molecular weight is 374 g/mol. The Morgan fingerprint density at radius 2 is 1.91 bits per heavy atom. The predicted octanol–water partition coefficient (Wildman–Crippen LogP) is 4.84. The first-order valence-corrected chi connectivity index (χ1v) is 8.78. The topological polar surface area (TPSA) is 54.0 Å². The third-order valence-electron chi connectivity index (χ3n) is 4.06. The smallest absolute Gasteiger partial charge is 0.257 e. The van der Waals surface area contributed by atoms with E-state index in [-0.39, 0.29) is 5.91 Å². The van der Waals surface area contributed by atoms with Gasteiger partial charge in [-0.05, 0) is 37.1 Å². The van der Waals surface area contributed by atoms with Crippen LogP contribution >= 0.6 is 15.9 Å². The van der Waals surface area contributed by atoms with Crippen LogP contribution in [0, 0.1) is 0 Å². The summed E-state index contributed by atoms with van der Waals surface area (Å²) in [5.41, 5.74) is 2.24. The van der Waals surface area contributed by atoms with Crippen molar-refractivity contribution in [1.29, 1.82) is 0 Å². The molecule has 0 aliphatic heterocycles. The van der Waals surface area contributed by atoms with Crippen LogP contribution in [-0.2, 0) is 0 Å². The summed E-state index contributed by atoms with van der Waals surface area (Å²) in [4.78, 5) is 16.6. The molecule has 3 rings (SSSR count). The molecule has 2 N–H and O–H groups in total. The summed E-state index contributed by atoms with van der Waals surface area (Å²) >= 11 is 3.40. The lowest BCUT2D eigenvalue weighted by Gasteiger charge is -2.23. The lowest BCUT2D eigenvalue weighted by Crippen LogP contribution is -2.22. The van der Waals surface area contributed by atoms with Crippen LogP contribution in [0.4, 0.5) is 11.4 Å². The van der Waals surface area contributed by atoms with Crippen LogP contribution in [0.1, 0.15) is 42.5 Å². The van der Waals surface area contributed by atoms with Crippen LogP contribution in [0.5, 0.6) is 0 Å². The van der Waals surface area contributed by atoms with Crippen molar-refractivity contribution >= 4 is 33.2 Å². The van der Waals surface area contributed by atoms with Gasteiger partial charge in [-0.25, -0.2) is 0 Å². The molecule has 0 spiro atoms. The third kappa shape index (κ3) is 4.55. The Hall–Kier alpha value is -1.88. The largest absolute Gasteiger partial charge is 0.381 e. The number of aromatic nitrogens is 1. The summed E-state index contributed by atoms with van der Waals surface area (Å²) in [6, 6.07) is 9.91. The molecule has 1 aromatic heterocycles. The summed E-state index contributed by atoms with van der Waals surface area (Å²) in [6.07, 6.45) is 9.63. The zero-order chi connectivity index (χ0) is 16.1. The molecule has 5 heteroatoms. The minimum atomic E-state index is -0.150. The predicted molar refractivity (Wildman–Crippen MR) is 96.8 cm³/mol. The first-order chi connectivity index (χ1) is 11.2. The lowest BCUT2D eigenvalue weighted by atomic mass is 9.95. The van der Waals surface area contributed by atoms with E-state index in [1.165, 1.54) is 32.1 Å². The SMILES string of the molecule is O=C(Nc1cccc(Br)c1)c1cncc(NC2CCCCC2)c1. The lowest BCUT2D eigenvalue weighted by molar-refractivity contribution is 0.102. The molecule has 2 aromatic rings. The van der Waals surface area contributed by atoms with E-state index in [1.807, 2.05) is 30.3 Å². The van der Waals surface area contributed by atoms with Crippen LogP contribution in [0.2, 0.25) is 0 Å². The van der Waals surface area contributed by atoms with Gasteiger partial charge in [0.1, 0.15) is 0 Å². The van der Waals surface area contributed by atoms with Gasteiger partial charge in [0.05, 0.1) is 11.3 Å². The van der Waals surface area contributed by atoms with E-state index in [4.69, 9.17) is 0 Å². The Morgan fingerprint density at radius 3 is 2.70 bits per heavy atom. The van der Waals surface area contributed by atoms with Gasteiger partial charge in [-0.1, -0.05) is 41.3 Å². The number of carbonyl (C=O) groups is 1. The first kappa shape index (κ1) is 16.0. The number of carbonyl (C=O) groups excluding carboxylic acids is 1. The minimum absolute atomic E-state index is 0.150. The van der Waals surface area contributed by atoms with Crippen molar-refractivity contribution in [2.75, 3.05) is 10.6 Å². The maximum atomic E-state index is 12.4. The Labute approximate surface area is 144 Å². The van der Waals surface area contributed by atoms with Crippen molar-refractivity contribution in [2.45, 2.75) is 38.1 Å². The number of hydrogen-bond donors (Lipinski definition) is 2. The van der Waals surface area contributed by atoms with E-state index in [9.17, 15) is 4.79 Å². The number of anilines is 2. The Kier molecular flexibility index (Phi) is 5.28. The monoisotopic (exact) mass is 373 g/mol. The van der Waals surface area contributed by atoms with Crippen molar-refractivity contribution in [3.8, 4) is 0 Å². The van der Waals surface area contributed by atoms with Gasteiger partial charge in [0, 0.05) is 28.6 Å². The summed E-state index contributed by atoms with van der Waals surface area (Å²) in [5, 5.41) is 6.39. The molecule has 1 amide bonds. The highest BCUT2D eigenvalue weighted by Gasteiger charge is 2.14. The second-order valence-electron chi connectivity index (χ2n) is 5.91. The molecule has 23 heavy (non-hydrogen) atoms. The number of amides is 1. The van der Waals surface area contributed by atoms with Crippen LogP contribution in [-0.4, -0.2) is 16.9 Å². The maximum Gasteiger partial charge on any atom is 0.257 e. The minimum Gasteiger partial charge on any atom is -0.381 e. The molecule has 0 atom stereocenters. The second-order valence-corrected chi connectivity index (χ2v) is 6.82. The highest BCUT2D eigenvalue weighted by Crippen LogP contribution is 2.22. The van der Waals surface area contributed by atoms with E-state index in [2.05, 4.69) is 31.5 Å². The summed E-state index contributed by atoms with van der Waals surface area (Å²) in [7, 11) is 0. The Balaban J connectivity index is 1.67. The molecule has 1 aromatic carbocycles. The highest BCUT2D eigenvalue weighted by molar-refractivity contribution is 9.10. The number of pyridine rings is 1. The second kappa shape index (κ2) is 7.59. The Morgan fingerprint density at radius 1 is 1.09 bits per heavy atom. The third-order valence-corrected chi connectivity index (χ3v) is 4.55. The van der Waals surface area contributed by atoms with Crippen LogP contribution in [0.3, 0.4) is 0 Å². The molecular formula is C18H20BrN3O. The number of nitrogens with one attached hydrogen (secondary N) is 2. The van der Waals surface area contributed by atoms with Crippen LogP contribution in [0.15, 0.2) is 47.2 Å². The molecule has 0 unspecified atom stereocenters. The quantitative estimate of drug-likeness (QED) is 0.805. The number of benzene rings is 1. The fourth-order valence-corrected chi connectivity index (χ4v) is 3.29. The molecular weight excluding hydrogens is 354 g/mol. The van der Waals surface area contributed by atoms with Crippen LogP contribution < -0.4 is 10.6 Å². The van der Waals surface area contributed by atoms with Gasteiger partial charge in [-0.15, -0.1) is 0 Å². The van der Waals surface area contributed by atoms with Gasteiger partial charge in [0.25, 0.3) is 5.91 Å². The molecule has 1 heterocycles. The van der Waals surface area contributed by atoms with E-state index >= 15 is 0 Å². The number of nitrogens with zero attached hydrogens (tertiary/aromatic N) is 1. The molecule has 0 bridgehead atoms. The normalized spacial score (nSPS) is 15.2. The van der Waals surface area contributed by atoms with E-state index in [1.54, 1.807) is 12.4 Å². The van der Waals surface area contributed by atoms with Gasteiger partial charge in [0.2, 0.25) is 0 Å². The maximum absolute atomic E-state index is 12.4. The Bertz CT molecular complexity index is 683. The number of hydrogen-bond acceptors (Lipinski definition) is 3. The van der Waals surface area contributed by atoms with Gasteiger partial charge < -0.3 is 10.6 Å². The van der Waals surface area contributed by atoms with Crippen molar-refractivity contribution in [3.63, 3.8) is 0 Å². The van der Waals surface area contributed by atoms with Crippen molar-refractivity contribution in [1.82, 2.24) is 4.98 Å². The van der Waals surface area contributed by atoms with Gasteiger partial charge in [-0.2, -0.15) is 0 Å².